The SMILES string of the molecule is [2H]c1c([2H])c([2H])c(-c2cccc(-c3cc(C(C)(C)C)cc(C(C)(C)C)c3)c2Oc2ccnc(-n3c4ccccc4c4ccc(Oc5cccc(N6CN(c7c(-c8c([2H])c([2H])c([2H])c([2H])c8[2H])cccc7-c7c([2H])c([2H])c([2H])c([2H])c7[2H])c7ccccc76)c5)cc43)c2)c([2H])c1[2H]. The Morgan fingerprint density at radius 2 is 0.950 bits per heavy atom. The third-order valence-corrected chi connectivity index (χ3v) is 14.5. The summed E-state index contributed by atoms with van der Waals surface area (Å²) in [5, 5.41) is 1.84. The van der Waals surface area contributed by atoms with Gasteiger partial charge in [-0.05, 0) is 92.7 Å². The van der Waals surface area contributed by atoms with E-state index in [1.54, 1.807) is 36.5 Å². The van der Waals surface area contributed by atoms with E-state index in [4.69, 9.17) is 35.0 Å². The highest BCUT2D eigenvalue weighted by molar-refractivity contribution is 6.09. The Labute approximate surface area is 490 Å². The molecule has 10 aromatic carbocycles. The first kappa shape index (κ1) is 35.7. The van der Waals surface area contributed by atoms with Gasteiger partial charge in [0.15, 0.2) is 0 Å². The highest BCUT2D eigenvalue weighted by Gasteiger charge is 2.32. The minimum Gasteiger partial charge on any atom is -0.457 e. The van der Waals surface area contributed by atoms with Gasteiger partial charge in [-0.2, -0.15) is 0 Å². The van der Waals surface area contributed by atoms with Gasteiger partial charge in [0, 0.05) is 63.1 Å². The fourth-order valence-electron chi connectivity index (χ4n) is 10.6. The number of aromatic nitrogens is 2. The maximum absolute atomic E-state index is 9.15. The molecule has 0 fully saturated rings. The first-order valence-corrected chi connectivity index (χ1v) is 26.4. The molecule has 3 heterocycles. The van der Waals surface area contributed by atoms with Crippen molar-refractivity contribution >= 4 is 44.6 Å². The molecule has 1 aliphatic rings. The Morgan fingerprint density at radius 1 is 0.425 bits per heavy atom. The van der Waals surface area contributed by atoms with E-state index in [0.717, 1.165) is 38.5 Å². The summed E-state index contributed by atoms with van der Waals surface area (Å²) in [6.07, 6.45) is 1.64. The second-order valence-electron chi connectivity index (χ2n) is 21.8. The Hall–Kier alpha value is -9.65. The van der Waals surface area contributed by atoms with Gasteiger partial charge >= 0.3 is 0 Å². The minimum atomic E-state index is -0.580. The van der Waals surface area contributed by atoms with E-state index in [-0.39, 0.29) is 68.8 Å². The standard InChI is InChI=1S/C74H62N4O2/c1-73(2,3)54-43-53(44-55(45-54)74(4,5)6)63-35-22-34-62(52-27-14-9-15-28-52)72(63)80-59-41-42-75-70(48-59)78-66-36-17-16-31-64(66)65-40-39-58(47-69(65)78)79-57-30-20-29-56(46-57)76-49-77(68-38-19-18-37-67(68)76)71-60(50-23-10-7-11-24-50)32-21-33-61(71)51-25-12-8-13-26-51/h7-48H,49H2,1-6H3/i7D,8D,9D,10D,11D,12D,13D,14D,15D,23D,24D,25D,26D,27D,28D. The van der Waals surface area contributed by atoms with Crippen LogP contribution in [0.25, 0.3) is 72.1 Å². The summed E-state index contributed by atoms with van der Waals surface area (Å²) in [6, 6.07) is 41.5. The summed E-state index contributed by atoms with van der Waals surface area (Å²) < 4.78 is 148. The van der Waals surface area contributed by atoms with Gasteiger partial charge in [-0.1, -0.05) is 223 Å². The smallest absolute Gasteiger partial charge is 0.143 e. The van der Waals surface area contributed by atoms with Crippen molar-refractivity contribution in [2.45, 2.75) is 52.4 Å². The summed E-state index contributed by atoms with van der Waals surface area (Å²) in [5.41, 5.74) is 7.39. The van der Waals surface area contributed by atoms with Crippen LogP contribution in [0.4, 0.5) is 22.7 Å². The molecule has 80 heavy (non-hydrogen) atoms. The summed E-state index contributed by atoms with van der Waals surface area (Å²) in [5.74, 6) is 2.08. The zero-order valence-electron chi connectivity index (χ0n) is 59.9. The lowest BCUT2D eigenvalue weighted by atomic mass is 9.78. The molecule has 0 saturated heterocycles. The summed E-state index contributed by atoms with van der Waals surface area (Å²) in [4.78, 5) is 8.81. The van der Waals surface area contributed by atoms with Crippen molar-refractivity contribution < 1.29 is 30.0 Å². The number of anilines is 4. The fraction of sp³-hybridized carbons (Fsp3) is 0.122. The molecule has 0 radical (unpaired) electrons. The Morgan fingerprint density at radius 3 is 1.59 bits per heavy atom. The molecule has 6 heteroatoms. The van der Waals surface area contributed by atoms with Gasteiger partial charge in [0.25, 0.3) is 0 Å². The van der Waals surface area contributed by atoms with Crippen molar-refractivity contribution in [3.05, 3.63) is 266 Å². The summed E-state index contributed by atoms with van der Waals surface area (Å²) >= 11 is 0. The zero-order valence-corrected chi connectivity index (χ0v) is 44.9. The topological polar surface area (TPSA) is 42.8 Å². The number of hydrogen-bond donors (Lipinski definition) is 0. The Kier molecular flexibility index (Phi) is 9.06. The number of fused-ring (bicyclic) bond motifs is 4. The number of para-hydroxylation sites is 5. The van der Waals surface area contributed by atoms with E-state index in [9.17, 15) is 0 Å². The van der Waals surface area contributed by atoms with Crippen LogP contribution in [-0.2, 0) is 10.8 Å². The first-order chi connectivity index (χ1) is 45.1. The summed E-state index contributed by atoms with van der Waals surface area (Å²) in [6.45, 7) is 13.0. The highest BCUT2D eigenvalue weighted by atomic mass is 16.5. The van der Waals surface area contributed by atoms with E-state index in [1.807, 2.05) is 124 Å². The van der Waals surface area contributed by atoms with Crippen LogP contribution in [-0.4, -0.2) is 16.2 Å². The largest absolute Gasteiger partial charge is 0.457 e. The molecule has 0 spiro atoms. The van der Waals surface area contributed by atoms with Crippen molar-refractivity contribution in [3.8, 4) is 73.3 Å². The van der Waals surface area contributed by atoms with Gasteiger partial charge in [0.2, 0.25) is 0 Å². The van der Waals surface area contributed by atoms with Crippen molar-refractivity contribution in [2.24, 2.45) is 0 Å². The van der Waals surface area contributed by atoms with Crippen LogP contribution in [0.2, 0.25) is 0 Å². The minimum absolute atomic E-state index is 0.00178. The van der Waals surface area contributed by atoms with E-state index in [1.165, 1.54) is 0 Å². The van der Waals surface area contributed by atoms with E-state index in [2.05, 4.69) is 59.7 Å². The first-order valence-electron chi connectivity index (χ1n) is 33.9. The molecule has 0 bridgehead atoms. The second kappa shape index (κ2) is 20.3. The Bertz CT molecular complexity index is 4990. The van der Waals surface area contributed by atoms with Crippen LogP contribution >= 0.6 is 0 Å². The number of ether oxygens (including phenoxy) is 2. The molecule has 390 valence electrons. The highest BCUT2D eigenvalue weighted by Crippen LogP contribution is 2.51. The molecule has 0 amide bonds. The fourth-order valence-corrected chi connectivity index (χ4v) is 10.6. The van der Waals surface area contributed by atoms with Gasteiger partial charge in [0.05, 0.1) is 48.7 Å². The van der Waals surface area contributed by atoms with Crippen LogP contribution in [0.5, 0.6) is 23.0 Å². The third kappa shape index (κ3) is 9.43. The van der Waals surface area contributed by atoms with E-state index < -0.39 is 78.6 Å². The van der Waals surface area contributed by atoms with Crippen LogP contribution in [0.3, 0.4) is 0 Å². The van der Waals surface area contributed by atoms with Gasteiger partial charge in [-0.25, -0.2) is 4.98 Å². The monoisotopic (exact) mass is 1050 g/mol. The maximum atomic E-state index is 9.15. The molecule has 13 rings (SSSR count). The molecule has 12 aromatic rings. The number of benzene rings is 10. The zero-order chi connectivity index (χ0) is 67.6. The molecule has 0 N–H and O–H groups in total. The predicted octanol–water partition coefficient (Wildman–Crippen LogP) is 20.3. The van der Waals surface area contributed by atoms with Crippen LogP contribution in [0, 0.1) is 0 Å². The average Bonchev–Trinajstić information content (AvgIpc) is 1.71. The maximum Gasteiger partial charge on any atom is 0.143 e. The number of nitrogens with zero attached hydrogens (tertiary/aromatic N) is 4. The van der Waals surface area contributed by atoms with Crippen LogP contribution in [0.1, 0.15) is 73.2 Å². The van der Waals surface area contributed by atoms with Crippen molar-refractivity contribution in [1.29, 1.82) is 0 Å². The lowest BCUT2D eigenvalue weighted by Crippen LogP contribution is -2.24. The number of rotatable bonds is 11. The van der Waals surface area contributed by atoms with Crippen LogP contribution in [0.15, 0.2) is 255 Å². The summed E-state index contributed by atoms with van der Waals surface area (Å²) in [7, 11) is 0. The molecule has 6 nitrogen and oxygen atoms in total. The lowest BCUT2D eigenvalue weighted by molar-refractivity contribution is 0.483. The second-order valence-corrected chi connectivity index (χ2v) is 21.8. The average molecular weight is 1050 g/mol. The quantitative estimate of drug-likeness (QED) is 0.129. The molecule has 0 saturated carbocycles. The third-order valence-electron chi connectivity index (χ3n) is 14.5. The van der Waals surface area contributed by atoms with Gasteiger partial charge in [-0.15, -0.1) is 0 Å². The van der Waals surface area contributed by atoms with E-state index in [0.29, 0.717) is 51.3 Å². The molecule has 0 aliphatic carbocycles. The van der Waals surface area contributed by atoms with E-state index >= 15 is 0 Å². The molecule has 0 unspecified atom stereocenters. The Balaban J connectivity index is 0.898. The molecular formula is C74H62N4O2. The number of pyridine rings is 1. The van der Waals surface area contributed by atoms with Crippen molar-refractivity contribution in [1.82, 2.24) is 9.55 Å². The normalized spacial score (nSPS) is 15.2. The molecule has 2 aromatic heterocycles. The van der Waals surface area contributed by atoms with Gasteiger partial charge < -0.3 is 19.3 Å². The molecular weight excluding hydrogens is 977 g/mol. The lowest BCUT2D eigenvalue weighted by Gasteiger charge is -2.27. The van der Waals surface area contributed by atoms with Gasteiger partial charge in [-0.3, -0.25) is 4.57 Å². The van der Waals surface area contributed by atoms with Gasteiger partial charge in [0.1, 0.15) is 35.5 Å². The molecule has 1 aliphatic heterocycles. The van der Waals surface area contributed by atoms with Crippen LogP contribution < -0.4 is 19.3 Å². The number of hydrogen-bond acceptors (Lipinski definition) is 5. The van der Waals surface area contributed by atoms with Crippen molar-refractivity contribution in [3.63, 3.8) is 0 Å². The van der Waals surface area contributed by atoms with Crippen molar-refractivity contribution in [2.75, 3.05) is 16.5 Å². The molecule has 0 atom stereocenters. The predicted molar refractivity (Wildman–Crippen MR) is 333 cm³/mol.